The van der Waals surface area contributed by atoms with Gasteiger partial charge in [0.1, 0.15) is 11.6 Å². The molecule has 0 atom stereocenters. The molecule has 0 aliphatic rings. The number of aromatic nitrogens is 3. The summed E-state index contributed by atoms with van der Waals surface area (Å²) in [5.74, 6) is 0. The van der Waals surface area contributed by atoms with Crippen LogP contribution in [0.25, 0.3) is 133 Å². The quantitative estimate of drug-likeness (QED) is 0.145. The average Bonchev–Trinajstić information content (AvgIpc) is 4.17. The SMILES string of the molecule is N#Cc1c(-n2c3cc(-c4ccccc4)ccc3c3ccc(-c4ccccc4)cc32)cc(-c2cccnc2-c2ccccc2-c2ccccc2)cc1-n1c2cc(-c3ccccc3)ccc2c2ccc(-c3ccccc3)cc21. The third kappa shape index (κ3) is 7.57. The lowest BCUT2D eigenvalue weighted by atomic mass is 9.92. The van der Waals surface area contributed by atoms with Crippen LogP contribution in [0.15, 0.2) is 279 Å². The number of nitrogens with zero attached hydrogens (tertiary/aromatic N) is 4. The van der Waals surface area contributed by atoms with Crippen LogP contribution < -0.4 is 0 Å². The molecule has 0 spiro atoms. The van der Waals surface area contributed by atoms with Crippen LogP contribution in [0.1, 0.15) is 5.56 Å². The van der Waals surface area contributed by atoms with Crippen LogP contribution in [-0.4, -0.2) is 14.1 Å². The highest BCUT2D eigenvalue weighted by atomic mass is 15.0. The maximum atomic E-state index is 12.2. The zero-order chi connectivity index (χ0) is 50.5. The standard InChI is InChI=1S/C72H46N4/c73-47-65-70(75-66-41-53(48-19-6-1-7-20-48)32-36-60(66)61-37-33-54(42-67(61)75)49-21-8-2-9-22-49)45-57(59-31-18-40-74-72(59)64-30-17-16-29-58(64)52-27-14-5-15-28-52)46-71(65)76-68-43-55(50-23-10-3-11-24-50)34-38-62(68)63-39-35-56(44-69(63)76)51-25-12-4-13-26-51/h1-46H. The van der Waals surface area contributed by atoms with Gasteiger partial charge in [0.15, 0.2) is 0 Å². The first kappa shape index (κ1) is 44.4. The molecule has 0 saturated heterocycles. The molecule has 0 bridgehead atoms. The van der Waals surface area contributed by atoms with Crippen LogP contribution in [0.4, 0.5) is 0 Å². The molecule has 4 heteroatoms. The fourth-order valence-electron chi connectivity index (χ4n) is 11.4. The Labute approximate surface area is 440 Å². The number of nitriles is 1. The second-order valence-corrected chi connectivity index (χ2v) is 19.4. The summed E-state index contributed by atoms with van der Waals surface area (Å²) in [5, 5.41) is 16.6. The summed E-state index contributed by atoms with van der Waals surface area (Å²) < 4.78 is 4.70. The molecule has 0 amide bonds. The van der Waals surface area contributed by atoms with E-state index in [1.165, 1.54) is 0 Å². The maximum absolute atomic E-state index is 12.2. The molecule has 0 radical (unpaired) electrons. The molecule has 14 aromatic rings. The average molecular weight is 967 g/mol. The summed E-state index contributed by atoms with van der Waals surface area (Å²) in [5.41, 5.74) is 20.9. The fraction of sp³-hybridized carbons (Fsp3) is 0. The lowest BCUT2D eigenvalue weighted by Gasteiger charge is -2.20. The van der Waals surface area contributed by atoms with Crippen LogP contribution in [0.2, 0.25) is 0 Å². The first-order valence-electron chi connectivity index (χ1n) is 25.7. The molecule has 14 rings (SSSR count). The predicted molar refractivity (Wildman–Crippen MR) is 316 cm³/mol. The van der Waals surface area contributed by atoms with Crippen molar-refractivity contribution < 1.29 is 0 Å². The predicted octanol–water partition coefficient (Wildman–Crippen LogP) is 18.8. The topological polar surface area (TPSA) is 46.5 Å². The van der Waals surface area contributed by atoms with Crippen molar-refractivity contribution in [2.75, 3.05) is 0 Å². The van der Waals surface area contributed by atoms with Crippen molar-refractivity contribution in [1.82, 2.24) is 14.1 Å². The second kappa shape index (κ2) is 18.6. The number of rotatable bonds is 9. The van der Waals surface area contributed by atoms with Gasteiger partial charge in [0.25, 0.3) is 0 Å². The van der Waals surface area contributed by atoms with E-state index in [0.29, 0.717) is 5.56 Å². The summed E-state index contributed by atoms with van der Waals surface area (Å²) >= 11 is 0. The third-order valence-corrected chi connectivity index (χ3v) is 15.0. The van der Waals surface area contributed by atoms with Crippen LogP contribution >= 0.6 is 0 Å². The molecule has 0 unspecified atom stereocenters. The second-order valence-electron chi connectivity index (χ2n) is 19.4. The van der Waals surface area contributed by atoms with Gasteiger partial charge in [-0.2, -0.15) is 5.26 Å². The van der Waals surface area contributed by atoms with Crippen molar-refractivity contribution in [2.24, 2.45) is 0 Å². The molecule has 3 heterocycles. The molecule has 0 aliphatic carbocycles. The smallest absolute Gasteiger partial charge is 0.104 e. The van der Waals surface area contributed by atoms with Crippen molar-refractivity contribution in [3.8, 4) is 95.5 Å². The minimum absolute atomic E-state index is 0.543. The van der Waals surface area contributed by atoms with E-state index in [2.05, 4.69) is 282 Å². The Morgan fingerprint density at radius 2 is 0.605 bits per heavy atom. The Morgan fingerprint density at radius 1 is 0.276 bits per heavy atom. The van der Waals surface area contributed by atoms with Gasteiger partial charge in [0.05, 0.1) is 39.1 Å². The van der Waals surface area contributed by atoms with Gasteiger partial charge in [-0.25, -0.2) is 0 Å². The van der Waals surface area contributed by atoms with Gasteiger partial charge in [-0.3, -0.25) is 4.98 Å². The number of fused-ring (bicyclic) bond motifs is 6. The zero-order valence-corrected chi connectivity index (χ0v) is 41.3. The van der Waals surface area contributed by atoms with Crippen molar-refractivity contribution >= 4 is 43.6 Å². The number of hydrogen-bond donors (Lipinski definition) is 0. The van der Waals surface area contributed by atoms with Gasteiger partial charge < -0.3 is 9.13 Å². The molecule has 0 aliphatic heterocycles. The minimum atomic E-state index is 0.543. The van der Waals surface area contributed by atoms with Crippen LogP contribution in [0.5, 0.6) is 0 Å². The van der Waals surface area contributed by atoms with Gasteiger partial charge in [-0.15, -0.1) is 0 Å². The van der Waals surface area contributed by atoms with Gasteiger partial charge in [0, 0.05) is 38.9 Å². The first-order chi connectivity index (χ1) is 37.7. The molecule has 0 N–H and O–H groups in total. The highest BCUT2D eigenvalue weighted by Crippen LogP contribution is 2.45. The molecule has 4 nitrogen and oxygen atoms in total. The number of hydrogen-bond acceptors (Lipinski definition) is 2. The van der Waals surface area contributed by atoms with E-state index >= 15 is 0 Å². The lowest BCUT2D eigenvalue weighted by Crippen LogP contribution is -2.06. The van der Waals surface area contributed by atoms with E-state index in [9.17, 15) is 5.26 Å². The van der Waals surface area contributed by atoms with Crippen LogP contribution in [-0.2, 0) is 0 Å². The summed E-state index contributed by atoms with van der Waals surface area (Å²) in [6, 6.07) is 99.9. The monoisotopic (exact) mass is 966 g/mol. The van der Waals surface area contributed by atoms with Gasteiger partial charge in [0.2, 0.25) is 0 Å². The highest BCUT2D eigenvalue weighted by Gasteiger charge is 2.25. The number of pyridine rings is 1. The Kier molecular flexibility index (Phi) is 10.9. The Hall–Kier alpha value is -10.3. The van der Waals surface area contributed by atoms with Crippen molar-refractivity contribution in [3.05, 3.63) is 285 Å². The van der Waals surface area contributed by atoms with Gasteiger partial charge in [-0.05, 0) is 104 Å². The Bertz CT molecular complexity index is 4130. The first-order valence-corrected chi connectivity index (χ1v) is 25.7. The van der Waals surface area contributed by atoms with Crippen LogP contribution in [0.3, 0.4) is 0 Å². The Morgan fingerprint density at radius 3 is 0.974 bits per heavy atom. The lowest BCUT2D eigenvalue weighted by molar-refractivity contribution is 1.12. The summed E-state index contributed by atoms with van der Waals surface area (Å²) in [4.78, 5) is 5.24. The van der Waals surface area contributed by atoms with Crippen molar-refractivity contribution in [3.63, 3.8) is 0 Å². The Balaban J connectivity index is 1.14. The van der Waals surface area contributed by atoms with Crippen LogP contribution in [0, 0.1) is 11.3 Å². The van der Waals surface area contributed by atoms with Crippen molar-refractivity contribution in [2.45, 2.75) is 0 Å². The van der Waals surface area contributed by atoms with Crippen molar-refractivity contribution in [1.29, 1.82) is 5.26 Å². The third-order valence-electron chi connectivity index (χ3n) is 15.0. The molecule has 11 aromatic carbocycles. The molecule has 3 aromatic heterocycles. The summed E-state index contributed by atoms with van der Waals surface area (Å²) in [6.45, 7) is 0. The molecule has 76 heavy (non-hydrogen) atoms. The maximum Gasteiger partial charge on any atom is 0.104 e. The summed E-state index contributed by atoms with van der Waals surface area (Å²) in [7, 11) is 0. The van der Waals surface area contributed by atoms with E-state index in [4.69, 9.17) is 4.98 Å². The molecule has 354 valence electrons. The molecule has 0 fully saturated rings. The minimum Gasteiger partial charge on any atom is -0.308 e. The normalized spacial score (nSPS) is 11.4. The number of benzene rings is 11. The highest BCUT2D eigenvalue weighted by molar-refractivity contribution is 6.13. The molecular weight excluding hydrogens is 921 g/mol. The van der Waals surface area contributed by atoms with E-state index in [1.807, 2.05) is 12.3 Å². The fourth-order valence-corrected chi connectivity index (χ4v) is 11.4. The summed E-state index contributed by atoms with van der Waals surface area (Å²) in [6.07, 6.45) is 1.89. The molecule has 0 saturated carbocycles. The zero-order valence-electron chi connectivity index (χ0n) is 41.3. The van der Waals surface area contributed by atoms with E-state index < -0.39 is 0 Å². The van der Waals surface area contributed by atoms with Gasteiger partial charge in [-0.1, -0.05) is 231 Å². The van der Waals surface area contributed by atoms with E-state index in [-0.39, 0.29) is 0 Å². The largest absolute Gasteiger partial charge is 0.308 e. The van der Waals surface area contributed by atoms with E-state index in [0.717, 1.165) is 133 Å². The van der Waals surface area contributed by atoms with E-state index in [1.54, 1.807) is 0 Å². The van der Waals surface area contributed by atoms with Gasteiger partial charge >= 0.3 is 0 Å². The molecular formula is C72H46N4.